The number of ether oxygens (including phenoxy) is 1. The molecule has 0 amide bonds. The fourth-order valence-electron chi connectivity index (χ4n) is 1.51. The van der Waals surface area contributed by atoms with Crippen molar-refractivity contribution in [3.63, 3.8) is 0 Å². The number of hydrogen-bond acceptors (Lipinski definition) is 2. The van der Waals surface area contributed by atoms with Crippen molar-refractivity contribution in [1.29, 1.82) is 0 Å². The maximum absolute atomic E-state index is 12.0. The lowest BCUT2D eigenvalue weighted by atomic mass is 10.1. The standard InChI is InChI=1S/C12H7F3O2/c13-12(14,15)17-11-4-3-9-2-1-8(7-16)5-10(9)6-11/h1-7H. The number of rotatable bonds is 2. The first-order chi connectivity index (χ1) is 7.98. The van der Waals surface area contributed by atoms with Crippen LogP contribution in [0.4, 0.5) is 13.2 Å². The molecule has 5 heteroatoms. The average molecular weight is 240 g/mol. The zero-order chi connectivity index (χ0) is 12.5. The molecule has 88 valence electrons. The van der Waals surface area contributed by atoms with E-state index in [1.54, 1.807) is 12.1 Å². The number of carbonyl (C=O) groups is 1. The van der Waals surface area contributed by atoms with Gasteiger partial charge in [-0.1, -0.05) is 18.2 Å². The highest BCUT2D eigenvalue weighted by atomic mass is 19.4. The first kappa shape index (κ1) is 11.4. The summed E-state index contributed by atoms with van der Waals surface area (Å²) in [4.78, 5) is 10.6. The van der Waals surface area contributed by atoms with Gasteiger partial charge in [0.2, 0.25) is 0 Å². The molecular formula is C12H7F3O2. The van der Waals surface area contributed by atoms with Gasteiger partial charge in [0.15, 0.2) is 0 Å². The predicted octanol–water partition coefficient (Wildman–Crippen LogP) is 3.55. The second kappa shape index (κ2) is 4.08. The van der Waals surface area contributed by atoms with E-state index in [2.05, 4.69) is 4.74 Å². The van der Waals surface area contributed by atoms with E-state index in [0.29, 0.717) is 17.2 Å². The van der Waals surface area contributed by atoms with E-state index in [4.69, 9.17) is 0 Å². The molecule has 0 unspecified atom stereocenters. The largest absolute Gasteiger partial charge is 0.573 e. The number of hydrogen-bond donors (Lipinski definition) is 0. The predicted molar refractivity (Wildman–Crippen MR) is 56.0 cm³/mol. The number of alkyl halides is 3. The molecule has 0 radical (unpaired) electrons. The van der Waals surface area contributed by atoms with E-state index in [1.165, 1.54) is 24.3 Å². The van der Waals surface area contributed by atoms with Crippen molar-refractivity contribution in [2.45, 2.75) is 6.36 Å². The van der Waals surface area contributed by atoms with Crippen LogP contribution in [-0.2, 0) is 0 Å². The van der Waals surface area contributed by atoms with Gasteiger partial charge < -0.3 is 4.74 Å². The minimum absolute atomic E-state index is 0.298. The molecule has 0 aromatic heterocycles. The van der Waals surface area contributed by atoms with E-state index < -0.39 is 6.36 Å². The first-order valence-corrected chi connectivity index (χ1v) is 4.73. The van der Waals surface area contributed by atoms with Gasteiger partial charge in [-0.05, 0) is 29.0 Å². The normalized spacial score (nSPS) is 11.5. The lowest BCUT2D eigenvalue weighted by Crippen LogP contribution is -2.16. The molecule has 0 aliphatic rings. The molecule has 0 aliphatic heterocycles. The molecule has 0 fully saturated rings. The zero-order valence-electron chi connectivity index (χ0n) is 8.49. The van der Waals surface area contributed by atoms with Crippen LogP contribution >= 0.6 is 0 Å². The van der Waals surface area contributed by atoms with E-state index in [1.807, 2.05) is 0 Å². The second-order valence-electron chi connectivity index (χ2n) is 3.43. The van der Waals surface area contributed by atoms with E-state index in [0.717, 1.165) is 5.39 Å². The van der Waals surface area contributed by atoms with E-state index >= 15 is 0 Å². The highest BCUT2D eigenvalue weighted by Crippen LogP contribution is 2.26. The van der Waals surface area contributed by atoms with Gasteiger partial charge in [0.05, 0.1) is 0 Å². The highest BCUT2D eigenvalue weighted by Gasteiger charge is 2.31. The number of carbonyl (C=O) groups excluding carboxylic acids is 1. The van der Waals surface area contributed by atoms with Gasteiger partial charge in [-0.25, -0.2) is 0 Å². The molecule has 17 heavy (non-hydrogen) atoms. The van der Waals surface area contributed by atoms with Gasteiger partial charge in [0, 0.05) is 5.56 Å². The summed E-state index contributed by atoms with van der Waals surface area (Å²) in [5, 5.41) is 1.27. The van der Waals surface area contributed by atoms with Crippen LogP contribution in [0.15, 0.2) is 36.4 Å². The molecule has 2 aromatic rings. The monoisotopic (exact) mass is 240 g/mol. The Hall–Kier alpha value is -2.04. The molecule has 0 spiro atoms. The number of fused-ring (bicyclic) bond motifs is 1. The minimum Gasteiger partial charge on any atom is -0.406 e. The van der Waals surface area contributed by atoms with Crippen molar-refractivity contribution in [1.82, 2.24) is 0 Å². The van der Waals surface area contributed by atoms with Crippen LogP contribution < -0.4 is 4.74 Å². The quantitative estimate of drug-likeness (QED) is 0.750. The Morgan fingerprint density at radius 3 is 2.35 bits per heavy atom. The lowest BCUT2D eigenvalue weighted by Gasteiger charge is -2.09. The summed E-state index contributed by atoms with van der Waals surface area (Å²) >= 11 is 0. The summed E-state index contributed by atoms with van der Waals surface area (Å²) in [6.07, 6.45) is -4.08. The van der Waals surface area contributed by atoms with Crippen molar-refractivity contribution in [2.75, 3.05) is 0 Å². The van der Waals surface area contributed by atoms with E-state index in [-0.39, 0.29) is 5.75 Å². The summed E-state index contributed by atoms with van der Waals surface area (Å²) < 4.78 is 39.8. The SMILES string of the molecule is O=Cc1ccc2ccc(OC(F)(F)F)cc2c1. The number of halogens is 3. The van der Waals surface area contributed by atoms with Gasteiger partial charge in [-0.15, -0.1) is 13.2 Å². The van der Waals surface area contributed by atoms with Crippen LogP contribution in [0.5, 0.6) is 5.75 Å². The summed E-state index contributed by atoms with van der Waals surface area (Å²) in [5.74, 6) is -0.298. The van der Waals surface area contributed by atoms with Crippen LogP contribution in [0.2, 0.25) is 0 Å². The summed E-state index contributed by atoms with van der Waals surface area (Å²) in [6, 6.07) is 8.75. The summed E-state index contributed by atoms with van der Waals surface area (Å²) in [6.45, 7) is 0. The Bertz CT molecular complexity index is 561. The summed E-state index contributed by atoms with van der Waals surface area (Å²) in [7, 11) is 0. The molecule has 0 aliphatic carbocycles. The van der Waals surface area contributed by atoms with Crippen LogP contribution in [0.1, 0.15) is 10.4 Å². The van der Waals surface area contributed by atoms with Crippen molar-refractivity contribution in [2.24, 2.45) is 0 Å². The zero-order valence-corrected chi connectivity index (χ0v) is 8.49. The molecule has 2 aromatic carbocycles. The molecular weight excluding hydrogens is 233 g/mol. The molecule has 0 bridgehead atoms. The van der Waals surface area contributed by atoms with Crippen LogP contribution in [0.3, 0.4) is 0 Å². The van der Waals surface area contributed by atoms with Crippen molar-refractivity contribution in [3.8, 4) is 5.75 Å². The fourth-order valence-corrected chi connectivity index (χ4v) is 1.51. The summed E-state index contributed by atoms with van der Waals surface area (Å²) in [5.41, 5.74) is 0.404. The third-order valence-electron chi connectivity index (χ3n) is 2.21. The Morgan fingerprint density at radius 1 is 1.00 bits per heavy atom. The maximum atomic E-state index is 12.0. The average Bonchev–Trinajstić information content (AvgIpc) is 2.26. The number of aldehydes is 1. The third kappa shape index (κ3) is 2.75. The third-order valence-corrected chi connectivity index (χ3v) is 2.21. The lowest BCUT2D eigenvalue weighted by molar-refractivity contribution is -0.274. The number of benzene rings is 2. The second-order valence-corrected chi connectivity index (χ2v) is 3.43. The van der Waals surface area contributed by atoms with Crippen molar-refractivity contribution < 1.29 is 22.7 Å². The Morgan fingerprint density at radius 2 is 1.71 bits per heavy atom. The van der Waals surface area contributed by atoms with Gasteiger partial charge >= 0.3 is 6.36 Å². The Balaban J connectivity index is 2.44. The molecule has 0 N–H and O–H groups in total. The van der Waals surface area contributed by atoms with Gasteiger partial charge in [0.1, 0.15) is 12.0 Å². The van der Waals surface area contributed by atoms with Crippen molar-refractivity contribution in [3.05, 3.63) is 42.0 Å². The molecule has 2 nitrogen and oxygen atoms in total. The molecule has 0 atom stereocenters. The van der Waals surface area contributed by atoms with Crippen LogP contribution in [-0.4, -0.2) is 12.6 Å². The van der Waals surface area contributed by atoms with Gasteiger partial charge in [-0.3, -0.25) is 4.79 Å². The smallest absolute Gasteiger partial charge is 0.406 e. The Labute approximate surface area is 94.6 Å². The van der Waals surface area contributed by atoms with Gasteiger partial charge in [0.25, 0.3) is 0 Å². The first-order valence-electron chi connectivity index (χ1n) is 4.73. The minimum atomic E-state index is -4.71. The van der Waals surface area contributed by atoms with Gasteiger partial charge in [-0.2, -0.15) is 0 Å². The molecule has 0 saturated carbocycles. The highest BCUT2D eigenvalue weighted by molar-refractivity contribution is 5.89. The molecule has 0 heterocycles. The van der Waals surface area contributed by atoms with Crippen LogP contribution in [0, 0.1) is 0 Å². The van der Waals surface area contributed by atoms with E-state index in [9.17, 15) is 18.0 Å². The Kier molecular flexibility index (Phi) is 2.75. The van der Waals surface area contributed by atoms with Crippen molar-refractivity contribution >= 4 is 17.1 Å². The molecule has 0 saturated heterocycles. The maximum Gasteiger partial charge on any atom is 0.573 e. The van der Waals surface area contributed by atoms with Crippen LogP contribution in [0.25, 0.3) is 10.8 Å². The topological polar surface area (TPSA) is 26.3 Å². The fraction of sp³-hybridized carbons (Fsp3) is 0.0833. The molecule has 2 rings (SSSR count).